The standard InChI is InChI=1S/C6H2BrN5/c7-5-10-6-9-2-4(1-8)3-12(6)11-5/h2-3H. The van der Waals surface area contributed by atoms with Gasteiger partial charge in [-0.15, -0.1) is 5.10 Å². The SMILES string of the molecule is N#Cc1cnc2nc(Br)nn2c1. The van der Waals surface area contributed by atoms with E-state index >= 15 is 0 Å². The fourth-order valence-electron chi connectivity index (χ4n) is 0.814. The molecule has 2 heterocycles. The Morgan fingerprint density at radius 1 is 1.58 bits per heavy atom. The molecule has 0 atom stereocenters. The van der Waals surface area contributed by atoms with E-state index in [9.17, 15) is 0 Å². The fraction of sp³-hybridized carbons (Fsp3) is 0. The van der Waals surface area contributed by atoms with E-state index in [2.05, 4.69) is 31.0 Å². The van der Waals surface area contributed by atoms with Crippen LogP contribution >= 0.6 is 15.9 Å². The summed E-state index contributed by atoms with van der Waals surface area (Å²) in [6, 6.07) is 1.96. The third kappa shape index (κ3) is 1.04. The highest BCUT2D eigenvalue weighted by molar-refractivity contribution is 9.10. The Hall–Kier alpha value is -1.48. The lowest BCUT2D eigenvalue weighted by Gasteiger charge is -1.88. The maximum atomic E-state index is 8.54. The van der Waals surface area contributed by atoms with Crippen molar-refractivity contribution in [2.45, 2.75) is 0 Å². The zero-order valence-corrected chi connectivity index (χ0v) is 7.35. The van der Waals surface area contributed by atoms with Crippen LogP contribution in [0, 0.1) is 11.3 Å². The predicted molar refractivity (Wildman–Crippen MR) is 43.2 cm³/mol. The average Bonchev–Trinajstić information content (AvgIpc) is 2.43. The van der Waals surface area contributed by atoms with Gasteiger partial charge in [-0.1, -0.05) is 0 Å². The summed E-state index contributed by atoms with van der Waals surface area (Å²) in [5.74, 6) is 0.473. The maximum absolute atomic E-state index is 8.54. The molecule has 2 aromatic rings. The van der Waals surface area contributed by atoms with Crippen molar-refractivity contribution in [1.29, 1.82) is 5.26 Å². The highest BCUT2D eigenvalue weighted by Crippen LogP contribution is 2.04. The second-order valence-corrected chi connectivity index (χ2v) is 2.79. The Kier molecular flexibility index (Phi) is 1.52. The van der Waals surface area contributed by atoms with Crippen LogP contribution in [0.2, 0.25) is 0 Å². The molecule has 0 saturated carbocycles. The minimum Gasteiger partial charge on any atom is -0.218 e. The number of rotatable bonds is 0. The summed E-state index contributed by atoms with van der Waals surface area (Å²) in [4.78, 5) is 7.85. The van der Waals surface area contributed by atoms with E-state index < -0.39 is 0 Å². The van der Waals surface area contributed by atoms with E-state index in [1.165, 1.54) is 10.7 Å². The second kappa shape index (κ2) is 2.53. The van der Waals surface area contributed by atoms with E-state index in [-0.39, 0.29) is 0 Å². The van der Waals surface area contributed by atoms with Gasteiger partial charge in [0.25, 0.3) is 5.78 Å². The van der Waals surface area contributed by atoms with Crippen molar-refractivity contribution in [3.8, 4) is 6.07 Å². The third-order valence-electron chi connectivity index (χ3n) is 1.30. The van der Waals surface area contributed by atoms with E-state index in [1.54, 1.807) is 6.20 Å². The van der Waals surface area contributed by atoms with Crippen molar-refractivity contribution in [1.82, 2.24) is 19.6 Å². The van der Waals surface area contributed by atoms with E-state index in [1.807, 2.05) is 6.07 Å². The lowest BCUT2D eigenvalue weighted by Crippen LogP contribution is -1.91. The van der Waals surface area contributed by atoms with Crippen LogP contribution in [0.25, 0.3) is 5.78 Å². The first kappa shape index (κ1) is 7.18. The minimum atomic E-state index is 0.458. The van der Waals surface area contributed by atoms with Gasteiger partial charge in [0.1, 0.15) is 6.07 Å². The van der Waals surface area contributed by atoms with Gasteiger partial charge < -0.3 is 0 Å². The Morgan fingerprint density at radius 3 is 3.17 bits per heavy atom. The van der Waals surface area contributed by atoms with E-state index in [0.717, 1.165) is 0 Å². The summed E-state index contributed by atoms with van der Waals surface area (Å²) in [6.45, 7) is 0. The van der Waals surface area contributed by atoms with Crippen LogP contribution in [0.4, 0.5) is 0 Å². The zero-order valence-electron chi connectivity index (χ0n) is 5.77. The smallest absolute Gasteiger partial charge is 0.218 e. The molecule has 0 aliphatic heterocycles. The molecular formula is C6H2BrN5. The molecule has 0 spiro atoms. The number of hydrogen-bond donors (Lipinski definition) is 0. The molecule has 2 aromatic heterocycles. The van der Waals surface area contributed by atoms with Gasteiger partial charge >= 0.3 is 0 Å². The minimum absolute atomic E-state index is 0.458. The monoisotopic (exact) mass is 223 g/mol. The molecular weight excluding hydrogens is 222 g/mol. The molecule has 58 valence electrons. The molecule has 0 aliphatic carbocycles. The molecule has 0 aliphatic rings. The van der Waals surface area contributed by atoms with Crippen molar-refractivity contribution < 1.29 is 0 Å². The largest absolute Gasteiger partial charge is 0.253 e. The molecule has 0 aromatic carbocycles. The summed E-state index contributed by atoms with van der Waals surface area (Å²) < 4.78 is 1.91. The van der Waals surface area contributed by atoms with Gasteiger partial charge in [-0.3, -0.25) is 0 Å². The molecule has 12 heavy (non-hydrogen) atoms. The lowest BCUT2D eigenvalue weighted by atomic mass is 10.4. The van der Waals surface area contributed by atoms with Gasteiger partial charge in [-0.05, 0) is 15.9 Å². The third-order valence-corrected chi connectivity index (χ3v) is 1.63. The fourth-order valence-corrected chi connectivity index (χ4v) is 1.14. The molecule has 0 amide bonds. The number of hydrogen-bond acceptors (Lipinski definition) is 4. The molecule has 0 bridgehead atoms. The average molecular weight is 224 g/mol. The van der Waals surface area contributed by atoms with Gasteiger partial charge in [-0.25, -0.2) is 9.50 Å². The van der Waals surface area contributed by atoms with Gasteiger partial charge in [0, 0.05) is 0 Å². The molecule has 0 saturated heterocycles. The van der Waals surface area contributed by atoms with E-state index in [0.29, 0.717) is 16.1 Å². The summed E-state index contributed by atoms with van der Waals surface area (Å²) in [6.07, 6.45) is 3.02. The summed E-state index contributed by atoms with van der Waals surface area (Å²) >= 11 is 3.11. The quantitative estimate of drug-likeness (QED) is 0.662. The molecule has 0 fully saturated rings. The van der Waals surface area contributed by atoms with Crippen molar-refractivity contribution in [2.24, 2.45) is 0 Å². The molecule has 0 radical (unpaired) electrons. The molecule has 2 rings (SSSR count). The Morgan fingerprint density at radius 2 is 2.42 bits per heavy atom. The molecule has 6 heteroatoms. The van der Waals surface area contributed by atoms with Crippen LogP contribution in [0.3, 0.4) is 0 Å². The van der Waals surface area contributed by atoms with Crippen molar-refractivity contribution in [3.63, 3.8) is 0 Å². The van der Waals surface area contributed by atoms with Crippen molar-refractivity contribution in [2.75, 3.05) is 0 Å². The van der Waals surface area contributed by atoms with Crippen LogP contribution in [0.1, 0.15) is 5.56 Å². The summed E-state index contributed by atoms with van der Waals surface area (Å²) in [7, 11) is 0. The second-order valence-electron chi connectivity index (χ2n) is 2.08. The number of aromatic nitrogens is 4. The number of nitriles is 1. The molecule has 5 nitrogen and oxygen atoms in total. The van der Waals surface area contributed by atoms with Crippen LogP contribution in [0.15, 0.2) is 17.1 Å². The number of nitrogens with zero attached hydrogens (tertiary/aromatic N) is 5. The molecule has 0 unspecified atom stereocenters. The number of fused-ring (bicyclic) bond motifs is 1. The van der Waals surface area contributed by atoms with Gasteiger partial charge in [0.15, 0.2) is 0 Å². The van der Waals surface area contributed by atoms with Crippen LogP contribution < -0.4 is 0 Å². The Labute approximate surface area is 75.8 Å². The van der Waals surface area contributed by atoms with Gasteiger partial charge in [0.05, 0.1) is 18.0 Å². The number of halogens is 1. The lowest BCUT2D eigenvalue weighted by molar-refractivity contribution is 0.923. The highest BCUT2D eigenvalue weighted by Gasteiger charge is 2.01. The first-order valence-electron chi connectivity index (χ1n) is 3.07. The first-order chi connectivity index (χ1) is 5.79. The summed E-state index contributed by atoms with van der Waals surface area (Å²) in [5.41, 5.74) is 0.458. The topological polar surface area (TPSA) is 66.9 Å². The van der Waals surface area contributed by atoms with Gasteiger partial charge in [0.2, 0.25) is 4.73 Å². The van der Waals surface area contributed by atoms with Crippen molar-refractivity contribution in [3.05, 3.63) is 22.7 Å². The Bertz CT molecular complexity index is 468. The van der Waals surface area contributed by atoms with Gasteiger partial charge in [-0.2, -0.15) is 10.2 Å². The maximum Gasteiger partial charge on any atom is 0.253 e. The van der Waals surface area contributed by atoms with E-state index in [4.69, 9.17) is 5.26 Å². The Balaban J connectivity index is 2.77. The van der Waals surface area contributed by atoms with Crippen LogP contribution in [-0.2, 0) is 0 Å². The van der Waals surface area contributed by atoms with Crippen LogP contribution in [-0.4, -0.2) is 19.6 Å². The first-order valence-corrected chi connectivity index (χ1v) is 3.87. The zero-order chi connectivity index (χ0) is 8.55. The molecule has 0 N–H and O–H groups in total. The predicted octanol–water partition coefficient (Wildman–Crippen LogP) is 0.758. The summed E-state index contributed by atoms with van der Waals surface area (Å²) in [5, 5.41) is 12.5. The van der Waals surface area contributed by atoms with Crippen LogP contribution in [0.5, 0.6) is 0 Å². The normalized spacial score (nSPS) is 10.0. The highest BCUT2D eigenvalue weighted by atomic mass is 79.9. The van der Waals surface area contributed by atoms with Crippen molar-refractivity contribution >= 4 is 21.7 Å².